The van der Waals surface area contributed by atoms with Crippen molar-refractivity contribution in [3.63, 3.8) is 0 Å². The van der Waals surface area contributed by atoms with E-state index in [1.165, 1.54) is 26.0 Å². The van der Waals surface area contributed by atoms with E-state index in [1.54, 1.807) is 0 Å². The molecular weight excluding hydrogens is 462 g/mol. The Morgan fingerprint density at radius 1 is 1.14 bits per heavy atom. The second-order valence-electron chi connectivity index (χ2n) is 10.8. The smallest absolute Gasteiger partial charge is 0.331 e. The fraction of sp³-hybridized carbons (Fsp3) is 0.643. The molecule has 8 heteroatoms. The van der Waals surface area contributed by atoms with Gasteiger partial charge < -0.3 is 19.5 Å². The van der Waals surface area contributed by atoms with Gasteiger partial charge in [0.2, 0.25) is 5.60 Å². The number of nitrogens with one attached hydrogen (secondary N) is 1. The Kier molecular flexibility index (Phi) is 8.47. The molecule has 3 aliphatic rings. The zero-order valence-corrected chi connectivity index (χ0v) is 22.3. The van der Waals surface area contributed by atoms with Gasteiger partial charge in [0.25, 0.3) is 5.91 Å². The first-order valence-corrected chi connectivity index (χ1v) is 12.8. The van der Waals surface area contributed by atoms with Crippen molar-refractivity contribution in [1.82, 2.24) is 5.32 Å². The van der Waals surface area contributed by atoms with Crippen molar-refractivity contribution in [2.75, 3.05) is 0 Å². The maximum absolute atomic E-state index is 13.7. The summed E-state index contributed by atoms with van der Waals surface area (Å²) >= 11 is 0. The molecule has 0 saturated carbocycles. The highest BCUT2D eigenvalue weighted by Gasteiger charge is 2.64. The summed E-state index contributed by atoms with van der Waals surface area (Å²) in [5, 5.41) is 3.15. The molecule has 0 aromatic rings. The average Bonchev–Trinajstić information content (AvgIpc) is 3.02. The van der Waals surface area contributed by atoms with Gasteiger partial charge in [-0.3, -0.25) is 14.4 Å². The maximum Gasteiger partial charge on any atom is 0.331 e. The fourth-order valence-corrected chi connectivity index (χ4v) is 5.89. The lowest BCUT2D eigenvalue weighted by Gasteiger charge is -2.45. The number of esters is 3. The molecule has 0 unspecified atom stereocenters. The van der Waals surface area contributed by atoms with Gasteiger partial charge in [0.05, 0.1) is 0 Å². The summed E-state index contributed by atoms with van der Waals surface area (Å²) < 4.78 is 16.9. The van der Waals surface area contributed by atoms with Crippen LogP contribution in [0, 0.1) is 23.7 Å². The minimum Gasteiger partial charge on any atom is -0.458 e. The van der Waals surface area contributed by atoms with Crippen LogP contribution in [0.1, 0.15) is 67.7 Å². The van der Waals surface area contributed by atoms with Crippen LogP contribution in [0.2, 0.25) is 0 Å². The van der Waals surface area contributed by atoms with Crippen LogP contribution < -0.4 is 5.32 Å². The van der Waals surface area contributed by atoms with Crippen LogP contribution in [0.3, 0.4) is 0 Å². The van der Waals surface area contributed by atoms with Crippen molar-refractivity contribution in [3.05, 3.63) is 35.5 Å². The third kappa shape index (κ3) is 5.73. The molecule has 1 N–H and O–H groups in total. The van der Waals surface area contributed by atoms with Crippen LogP contribution in [-0.4, -0.2) is 47.7 Å². The van der Waals surface area contributed by atoms with Crippen molar-refractivity contribution >= 4 is 23.8 Å². The Bertz CT molecular complexity index is 994. The molecule has 1 amide bonds. The third-order valence-corrected chi connectivity index (χ3v) is 7.48. The number of amides is 1. The Morgan fingerprint density at radius 2 is 1.81 bits per heavy atom. The largest absolute Gasteiger partial charge is 0.458 e. The summed E-state index contributed by atoms with van der Waals surface area (Å²) in [5.41, 5.74) is 0.726. The third-order valence-electron chi connectivity index (χ3n) is 7.48. The Hall–Kier alpha value is -2.90. The first kappa shape index (κ1) is 27.7. The van der Waals surface area contributed by atoms with E-state index in [1.807, 2.05) is 19.1 Å². The first-order valence-electron chi connectivity index (χ1n) is 12.8. The Balaban J connectivity index is 2.10. The molecule has 7 atom stereocenters. The summed E-state index contributed by atoms with van der Waals surface area (Å²) in [6.45, 7) is 12.8. The zero-order chi connectivity index (χ0) is 26.8. The highest BCUT2D eigenvalue weighted by molar-refractivity contribution is 5.94. The van der Waals surface area contributed by atoms with Gasteiger partial charge in [0.15, 0.2) is 6.10 Å². The summed E-state index contributed by atoms with van der Waals surface area (Å²) in [4.78, 5) is 50.4. The molecule has 8 nitrogen and oxygen atoms in total. The van der Waals surface area contributed by atoms with Gasteiger partial charge in [0, 0.05) is 37.8 Å². The van der Waals surface area contributed by atoms with Crippen LogP contribution in [0.25, 0.3) is 0 Å². The molecule has 2 heterocycles. The van der Waals surface area contributed by atoms with E-state index in [-0.39, 0.29) is 23.8 Å². The van der Waals surface area contributed by atoms with E-state index in [2.05, 4.69) is 33.0 Å². The second kappa shape index (κ2) is 11.0. The molecule has 1 saturated heterocycles. The number of carbonyl (C=O) groups is 4. The number of rotatable bonds is 4. The van der Waals surface area contributed by atoms with Crippen molar-refractivity contribution < 1.29 is 33.4 Å². The van der Waals surface area contributed by atoms with Crippen LogP contribution in [0.5, 0.6) is 0 Å². The summed E-state index contributed by atoms with van der Waals surface area (Å²) in [7, 11) is 0. The minimum atomic E-state index is -1.38. The van der Waals surface area contributed by atoms with E-state index >= 15 is 0 Å². The highest BCUT2D eigenvalue weighted by Crippen LogP contribution is 2.51. The average molecular weight is 502 g/mol. The monoisotopic (exact) mass is 501 g/mol. The lowest BCUT2D eigenvalue weighted by atomic mass is 9.63. The van der Waals surface area contributed by atoms with E-state index in [4.69, 9.17) is 14.2 Å². The standard InChI is InChI=1S/C28H39NO7/c1-15(2)12-22-26-18(5)17(4)14-21-13-16(3)8-9-23(34-19(6)30)24(35-20(7)31)10-11-25(32)36-28(21,26)27(33)29-22/h10-11,13-15,18,21-24,26H,8-9,12H2,1-7H3,(H,29,33)/b11-10+,16-13+/t18-,21+,22+,23+,24-,26+,28-/m1/s1. The number of allylic oxidation sites excluding steroid dienone is 2. The predicted octanol–water partition coefficient (Wildman–Crippen LogP) is 3.80. The molecule has 2 aliphatic heterocycles. The van der Waals surface area contributed by atoms with Gasteiger partial charge in [-0.15, -0.1) is 0 Å². The van der Waals surface area contributed by atoms with Crippen molar-refractivity contribution in [3.8, 4) is 0 Å². The molecule has 0 bridgehead atoms. The highest BCUT2D eigenvalue weighted by atomic mass is 16.6. The van der Waals surface area contributed by atoms with E-state index < -0.39 is 41.6 Å². The molecule has 1 aliphatic carbocycles. The summed E-state index contributed by atoms with van der Waals surface area (Å²) in [5.74, 6) is -2.36. The molecular formula is C28H39NO7. The Morgan fingerprint density at radius 3 is 2.42 bits per heavy atom. The van der Waals surface area contributed by atoms with Crippen LogP contribution in [0.15, 0.2) is 35.5 Å². The van der Waals surface area contributed by atoms with Crippen molar-refractivity contribution in [2.45, 2.75) is 91.6 Å². The fourth-order valence-electron chi connectivity index (χ4n) is 5.89. The van der Waals surface area contributed by atoms with Crippen molar-refractivity contribution in [2.24, 2.45) is 23.7 Å². The Labute approximate surface area is 213 Å². The van der Waals surface area contributed by atoms with Crippen molar-refractivity contribution in [1.29, 1.82) is 0 Å². The van der Waals surface area contributed by atoms with Gasteiger partial charge in [0.1, 0.15) is 6.10 Å². The van der Waals surface area contributed by atoms with Gasteiger partial charge in [-0.05, 0) is 51.0 Å². The van der Waals surface area contributed by atoms with Crippen LogP contribution >= 0.6 is 0 Å². The van der Waals surface area contributed by atoms with Gasteiger partial charge in [-0.1, -0.05) is 44.1 Å². The summed E-state index contributed by atoms with van der Waals surface area (Å²) in [6, 6.07) is -0.126. The van der Waals surface area contributed by atoms with Gasteiger partial charge in [-0.2, -0.15) is 0 Å². The quantitative estimate of drug-likeness (QED) is 0.355. The molecule has 1 fully saturated rings. The lowest BCUT2D eigenvalue weighted by molar-refractivity contribution is -0.172. The summed E-state index contributed by atoms with van der Waals surface area (Å²) in [6.07, 6.45) is 6.53. The van der Waals surface area contributed by atoms with E-state index in [0.29, 0.717) is 18.8 Å². The minimum absolute atomic E-state index is 0.0319. The van der Waals surface area contributed by atoms with E-state index in [9.17, 15) is 19.2 Å². The van der Waals surface area contributed by atoms with Gasteiger partial charge in [-0.25, -0.2) is 4.79 Å². The number of hydrogen-bond donors (Lipinski definition) is 1. The SMILES string of the molecule is CC(=O)O[C@H]1CC/C(C)=C/[C@H]2C=C(C)[C@@H](C)[C@H]3[C@H](CC(C)C)NC(=O)[C@]32OC(=O)/C=C/[C@H]1OC(C)=O. The lowest BCUT2D eigenvalue weighted by Crippen LogP contribution is -2.56. The van der Waals surface area contributed by atoms with Crippen LogP contribution in [0.4, 0.5) is 0 Å². The number of hydrogen-bond acceptors (Lipinski definition) is 7. The van der Waals surface area contributed by atoms with Crippen LogP contribution in [-0.2, 0) is 33.4 Å². The first-order chi connectivity index (χ1) is 16.8. The molecule has 0 radical (unpaired) electrons. The van der Waals surface area contributed by atoms with E-state index in [0.717, 1.165) is 17.6 Å². The second-order valence-corrected chi connectivity index (χ2v) is 10.8. The molecule has 0 aromatic heterocycles. The molecule has 198 valence electrons. The molecule has 1 spiro atoms. The van der Waals surface area contributed by atoms with Gasteiger partial charge >= 0.3 is 17.9 Å². The number of ether oxygens (including phenoxy) is 3. The predicted molar refractivity (Wildman–Crippen MR) is 133 cm³/mol. The topological polar surface area (TPSA) is 108 Å². The number of carbonyl (C=O) groups excluding carboxylic acids is 4. The maximum atomic E-state index is 13.7. The normalized spacial score (nSPS) is 37.0. The molecule has 3 rings (SSSR count). The zero-order valence-electron chi connectivity index (χ0n) is 22.3. The molecule has 36 heavy (non-hydrogen) atoms. The molecule has 0 aromatic carbocycles.